The minimum Gasteiger partial charge on any atom is -0.378 e. The number of ether oxygens (including phenoxy) is 1. The Hall–Kier alpha value is -2.44. The molecule has 3 rings (SSSR count). The van der Waals surface area contributed by atoms with Crippen LogP contribution in [0.1, 0.15) is 30.9 Å². The molecule has 0 unspecified atom stereocenters. The summed E-state index contributed by atoms with van der Waals surface area (Å²) in [7, 11) is 0. The van der Waals surface area contributed by atoms with Crippen molar-refractivity contribution in [1.29, 1.82) is 0 Å². The van der Waals surface area contributed by atoms with Gasteiger partial charge in [0.25, 0.3) is 0 Å². The third kappa shape index (κ3) is 5.78. The predicted molar refractivity (Wildman–Crippen MR) is 118 cm³/mol. The second-order valence-corrected chi connectivity index (χ2v) is 7.63. The Bertz CT molecular complexity index is 798. The average molecular weight is 398 g/mol. The topological polar surface area (TPSA) is 53.6 Å². The highest BCUT2D eigenvalue weighted by Gasteiger charge is 2.16. The summed E-state index contributed by atoms with van der Waals surface area (Å²) in [5, 5.41) is 6.91. The van der Waals surface area contributed by atoms with Crippen molar-refractivity contribution in [3.05, 3.63) is 59.7 Å². The summed E-state index contributed by atoms with van der Waals surface area (Å²) in [6.45, 7) is 6.95. The molecule has 0 atom stereocenters. The molecule has 5 nitrogen and oxygen atoms in total. The highest BCUT2D eigenvalue weighted by Crippen LogP contribution is 2.18. The summed E-state index contributed by atoms with van der Waals surface area (Å²) in [6, 6.07) is 16.1. The first-order valence-electron chi connectivity index (χ1n) is 9.63. The molecule has 1 amide bonds. The number of nitrogens with zero attached hydrogens (tertiary/aromatic N) is 1. The van der Waals surface area contributed by atoms with E-state index in [4.69, 9.17) is 17.0 Å². The molecular weight excluding hydrogens is 370 g/mol. The molecular formula is C22H27N3O2S. The molecule has 1 aliphatic heterocycles. The van der Waals surface area contributed by atoms with E-state index in [2.05, 4.69) is 36.6 Å². The van der Waals surface area contributed by atoms with E-state index >= 15 is 0 Å². The third-order valence-corrected chi connectivity index (χ3v) is 4.97. The number of rotatable bonds is 5. The van der Waals surface area contributed by atoms with Gasteiger partial charge < -0.3 is 20.3 Å². The Balaban J connectivity index is 1.50. The number of anilines is 2. The lowest BCUT2D eigenvalue weighted by atomic mass is 10.0. The fourth-order valence-corrected chi connectivity index (χ4v) is 3.29. The lowest BCUT2D eigenvalue weighted by Gasteiger charge is -2.26. The molecule has 0 bridgehead atoms. The van der Waals surface area contributed by atoms with E-state index in [-0.39, 0.29) is 5.91 Å². The first kappa shape index (κ1) is 20.3. The number of benzene rings is 2. The zero-order chi connectivity index (χ0) is 19.9. The van der Waals surface area contributed by atoms with E-state index in [0.717, 1.165) is 16.9 Å². The molecule has 1 aliphatic rings. The molecule has 1 heterocycles. The summed E-state index contributed by atoms with van der Waals surface area (Å²) < 4.78 is 5.29. The molecule has 6 heteroatoms. The predicted octanol–water partition coefficient (Wildman–Crippen LogP) is 4.02. The summed E-state index contributed by atoms with van der Waals surface area (Å²) in [4.78, 5) is 14.2. The number of thiocarbonyl (C=S) groups is 1. The smallest absolute Gasteiger partial charge is 0.227 e. The van der Waals surface area contributed by atoms with Gasteiger partial charge in [0, 0.05) is 24.5 Å². The molecule has 2 aromatic carbocycles. The van der Waals surface area contributed by atoms with Crippen molar-refractivity contribution in [3.8, 4) is 0 Å². The molecule has 0 aliphatic carbocycles. The molecule has 2 aromatic rings. The Labute approximate surface area is 172 Å². The molecule has 28 heavy (non-hydrogen) atoms. The largest absolute Gasteiger partial charge is 0.378 e. The van der Waals surface area contributed by atoms with Crippen LogP contribution >= 0.6 is 12.2 Å². The van der Waals surface area contributed by atoms with E-state index < -0.39 is 0 Å². The fourth-order valence-electron chi connectivity index (χ4n) is 3.05. The van der Waals surface area contributed by atoms with E-state index in [9.17, 15) is 4.79 Å². The minimum atomic E-state index is 0.144. The van der Waals surface area contributed by atoms with Gasteiger partial charge >= 0.3 is 0 Å². The van der Waals surface area contributed by atoms with Crippen LogP contribution < -0.4 is 10.6 Å². The van der Waals surface area contributed by atoms with Gasteiger partial charge in [-0.2, -0.15) is 0 Å². The highest BCUT2D eigenvalue weighted by molar-refractivity contribution is 7.80. The third-order valence-electron chi connectivity index (χ3n) is 4.77. The average Bonchev–Trinajstić information content (AvgIpc) is 2.70. The quantitative estimate of drug-likeness (QED) is 0.747. The SMILES string of the molecule is CC(C)c1ccc(NC(=S)Nc2ccc(CC(=O)N3CCOCC3)cc2)cc1. The number of hydrogen-bond acceptors (Lipinski definition) is 3. The van der Waals surface area contributed by atoms with Crippen LogP contribution in [0, 0.1) is 0 Å². The van der Waals surface area contributed by atoms with Crippen LogP contribution in [-0.2, 0) is 16.0 Å². The van der Waals surface area contributed by atoms with Crippen LogP contribution in [0.15, 0.2) is 48.5 Å². The van der Waals surface area contributed by atoms with Crippen molar-refractivity contribution in [3.63, 3.8) is 0 Å². The fraction of sp³-hybridized carbons (Fsp3) is 0.364. The van der Waals surface area contributed by atoms with E-state index in [0.29, 0.717) is 43.8 Å². The van der Waals surface area contributed by atoms with Gasteiger partial charge in [0.2, 0.25) is 5.91 Å². The van der Waals surface area contributed by atoms with Gasteiger partial charge in [-0.3, -0.25) is 4.79 Å². The van der Waals surface area contributed by atoms with Gasteiger partial charge in [0.1, 0.15) is 0 Å². The standard InChI is InChI=1S/C22H27N3O2S/c1-16(2)18-5-9-20(10-6-18)24-22(28)23-19-7-3-17(4-8-19)15-21(26)25-11-13-27-14-12-25/h3-10,16H,11-15H2,1-2H3,(H2,23,24,28). The maximum absolute atomic E-state index is 12.3. The minimum absolute atomic E-state index is 0.144. The van der Waals surface area contributed by atoms with Crippen molar-refractivity contribution < 1.29 is 9.53 Å². The first-order valence-corrected chi connectivity index (χ1v) is 10.0. The van der Waals surface area contributed by atoms with Crippen molar-refractivity contribution in [1.82, 2.24) is 4.90 Å². The maximum atomic E-state index is 12.3. The van der Waals surface area contributed by atoms with Gasteiger partial charge in [0.15, 0.2) is 5.11 Å². The van der Waals surface area contributed by atoms with Crippen LogP contribution in [0.2, 0.25) is 0 Å². The molecule has 0 saturated carbocycles. The summed E-state index contributed by atoms with van der Waals surface area (Å²) in [5.74, 6) is 0.652. The molecule has 1 saturated heterocycles. The van der Waals surface area contributed by atoms with Gasteiger partial charge in [-0.1, -0.05) is 38.1 Å². The number of amides is 1. The van der Waals surface area contributed by atoms with E-state index in [1.54, 1.807) is 0 Å². The number of carbonyl (C=O) groups excluding carboxylic acids is 1. The lowest BCUT2D eigenvalue weighted by molar-refractivity contribution is -0.134. The maximum Gasteiger partial charge on any atom is 0.227 e. The molecule has 1 fully saturated rings. The normalized spacial score (nSPS) is 14.0. The Morgan fingerprint density at radius 2 is 1.54 bits per heavy atom. The molecule has 0 aromatic heterocycles. The summed E-state index contributed by atoms with van der Waals surface area (Å²) in [5.41, 5.74) is 4.13. The number of nitrogens with one attached hydrogen (secondary N) is 2. The Morgan fingerprint density at radius 1 is 1.00 bits per heavy atom. The molecule has 2 N–H and O–H groups in total. The highest BCUT2D eigenvalue weighted by atomic mass is 32.1. The van der Waals surface area contributed by atoms with Gasteiger partial charge in [0.05, 0.1) is 19.6 Å². The Morgan fingerprint density at radius 3 is 2.07 bits per heavy atom. The van der Waals surface area contributed by atoms with Crippen LogP contribution in [0.25, 0.3) is 0 Å². The van der Waals surface area contributed by atoms with Crippen molar-refractivity contribution >= 4 is 34.6 Å². The van der Waals surface area contributed by atoms with Crippen LogP contribution in [0.5, 0.6) is 0 Å². The number of hydrogen-bond donors (Lipinski definition) is 2. The summed E-state index contributed by atoms with van der Waals surface area (Å²) in [6.07, 6.45) is 0.408. The second-order valence-electron chi connectivity index (χ2n) is 7.22. The lowest BCUT2D eigenvalue weighted by Crippen LogP contribution is -2.41. The van der Waals surface area contributed by atoms with E-state index in [1.807, 2.05) is 41.3 Å². The zero-order valence-electron chi connectivity index (χ0n) is 16.4. The van der Waals surface area contributed by atoms with E-state index in [1.165, 1.54) is 5.56 Å². The molecule has 148 valence electrons. The van der Waals surface area contributed by atoms with Crippen LogP contribution in [-0.4, -0.2) is 42.2 Å². The first-order chi connectivity index (χ1) is 13.5. The van der Waals surface area contributed by atoms with Gasteiger partial charge in [-0.15, -0.1) is 0 Å². The van der Waals surface area contributed by atoms with Gasteiger partial charge in [-0.05, 0) is 53.5 Å². The second kappa shape index (κ2) is 9.66. The monoisotopic (exact) mass is 397 g/mol. The van der Waals surface area contributed by atoms with Crippen LogP contribution in [0.3, 0.4) is 0 Å². The Kier molecular flexibility index (Phi) is 7.01. The van der Waals surface area contributed by atoms with Crippen molar-refractivity contribution in [2.24, 2.45) is 0 Å². The molecule has 0 radical (unpaired) electrons. The van der Waals surface area contributed by atoms with Crippen molar-refractivity contribution in [2.75, 3.05) is 36.9 Å². The molecule has 0 spiro atoms. The zero-order valence-corrected chi connectivity index (χ0v) is 17.2. The van der Waals surface area contributed by atoms with Crippen LogP contribution in [0.4, 0.5) is 11.4 Å². The number of morpholine rings is 1. The summed E-state index contributed by atoms with van der Waals surface area (Å²) >= 11 is 5.40. The number of carbonyl (C=O) groups is 1. The van der Waals surface area contributed by atoms with Gasteiger partial charge in [-0.25, -0.2) is 0 Å². The van der Waals surface area contributed by atoms with Crippen molar-refractivity contribution in [2.45, 2.75) is 26.2 Å².